The highest BCUT2D eigenvalue weighted by Gasteiger charge is 2.16. The molecule has 0 aliphatic carbocycles. The molecule has 0 unspecified atom stereocenters. The number of carbonyl (C=O) groups is 1. The van der Waals surface area contributed by atoms with Crippen LogP contribution < -0.4 is 10.0 Å². The van der Waals surface area contributed by atoms with E-state index in [2.05, 4.69) is 10.0 Å². The van der Waals surface area contributed by atoms with Crippen LogP contribution in [0, 0.1) is 19.7 Å². The Balaban J connectivity index is 1.73. The molecule has 0 atom stereocenters. The fourth-order valence-corrected chi connectivity index (χ4v) is 3.76. The molecule has 0 radical (unpaired) electrons. The number of halogens is 1. The Morgan fingerprint density at radius 1 is 0.893 bits per heavy atom. The molecule has 7 heteroatoms. The van der Waals surface area contributed by atoms with E-state index in [1.165, 1.54) is 43.3 Å². The Morgan fingerprint density at radius 2 is 1.61 bits per heavy atom. The predicted octanol–water partition coefficient (Wildman–Crippen LogP) is 4.50. The molecule has 0 spiro atoms. The second kappa shape index (κ2) is 7.82. The van der Waals surface area contributed by atoms with Crippen LogP contribution in [0.5, 0.6) is 0 Å². The smallest absolute Gasteiger partial charge is 0.261 e. The fourth-order valence-electron chi connectivity index (χ4n) is 2.61. The summed E-state index contributed by atoms with van der Waals surface area (Å²) < 4.78 is 40.7. The van der Waals surface area contributed by atoms with Crippen LogP contribution in [0.25, 0.3) is 0 Å². The summed E-state index contributed by atoms with van der Waals surface area (Å²) in [6.45, 7) is 3.43. The summed E-state index contributed by atoms with van der Waals surface area (Å²) in [5, 5.41) is 2.79. The third-order valence-corrected chi connectivity index (χ3v) is 5.49. The molecule has 1 amide bonds. The van der Waals surface area contributed by atoms with Gasteiger partial charge in [0.15, 0.2) is 0 Å². The van der Waals surface area contributed by atoms with Crippen LogP contribution in [0.3, 0.4) is 0 Å². The Hall–Kier alpha value is -3.19. The zero-order valence-electron chi connectivity index (χ0n) is 15.4. The first-order valence-electron chi connectivity index (χ1n) is 8.52. The van der Waals surface area contributed by atoms with Gasteiger partial charge in [-0.15, -0.1) is 0 Å². The molecular weight excluding hydrogens is 379 g/mol. The van der Waals surface area contributed by atoms with Crippen molar-refractivity contribution in [2.75, 3.05) is 10.0 Å². The number of anilines is 2. The number of hydrogen-bond donors (Lipinski definition) is 2. The summed E-state index contributed by atoms with van der Waals surface area (Å²) >= 11 is 0. The normalized spacial score (nSPS) is 11.1. The third-order valence-electron chi connectivity index (χ3n) is 4.11. The van der Waals surface area contributed by atoms with Gasteiger partial charge in [0, 0.05) is 16.9 Å². The van der Waals surface area contributed by atoms with Crippen LogP contribution in [-0.4, -0.2) is 14.3 Å². The maximum absolute atomic E-state index is 13.4. The highest BCUT2D eigenvalue weighted by atomic mass is 32.2. The zero-order chi connectivity index (χ0) is 20.3. The van der Waals surface area contributed by atoms with Crippen molar-refractivity contribution in [3.8, 4) is 0 Å². The van der Waals surface area contributed by atoms with E-state index in [1.807, 2.05) is 25.1 Å². The quantitative estimate of drug-likeness (QED) is 0.665. The Bertz CT molecular complexity index is 1130. The molecule has 0 aliphatic rings. The van der Waals surface area contributed by atoms with Gasteiger partial charge in [-0.25, -0.2) is 12.8 Å². The summed E-state index contributed by atoms with van der Waals surface area (Å²) in [7, 11) is -3.86. The van der Waals surface area contributed by atoms with E-state index >= 15 is 0 Å². The molecule has 2 N–H and O–H groups in total. The van der Waals surface area contributed by atoms with Crippen molar-refractivity contribution in [1.29, 1.82) is 0 Å². The first-order valence-corrected chi connectivity index (χ1v) is 10.00. The van der Waals surface area contributed by atoms with Gasteiger partial charge >= 0.3 is 0 Å². The number of nitrogens with one attached hydrogen (secondary N) is 2. The SMILES string of the molecule is Cc1cccc(NC(=O)c2ccc(NS(=O)(=O)c3ccc(F)c(C)c3)cc2)c1. The number of amides is 1. The first kappa shape index (κ1) is 19.6. The number of rotatable bonds is 5. The third kappa shape index (κ3) is 4.55. The van der Waals surface area contributed by atoms with E-state index in [4.69, 9.17) is 0 Å². The molecule has 0 aliphatic heterocycles. The van der Waals surface area contributed by atoms with Gasteiger partial charge in [0.25, 0.3) is 15.9 Å². The van der Waals surface area contributed by atoms with Crippen LogP contribution in [-0.2, 0) is 10.0 Å². The second-order valence-electron chi connectivity index (χ2n) is 6.42. The van der Waals surface area contributed by atoms with Gasteiger partial charge in [-0.05, 0) is 79.6 Å². The van der Waals surface area contributed by atoms with Crippen molar-refractivity contribution < 1.29 is 17.6 Å². The van der Waals surface area contributed by atoms with Crippen molar-refractivity contribution in [3.05, 3.63) is 89.2 Å². The molecule has 0 bridgehead atoms. The van der Waals surface area contributed by atoms with E-state index in [-0.39, 0.29) is 16.4 Å². The minimum Gasteiger partial charge on any atom is -0.322 e. The zero-order valence-corrected chi connectivity index (χ0v) is 16.2. The van der Waals surface area contributed by atoms with Crippen LogP contribution in [0.4, 0.5) is 15.8 Å². The lowest BCUT2D eigenvalue weighted by Crippen LogP contribution is -2.14. The van der Waals surface area contributed by atoms with E-state index in [0.29, 0.717) is 16.9 Å². The lowest BCUT2D eigenvalue weighted by molar-refractivity contribution is 0.102. The Kier molecular flexibility index (Phi) is 5.46. The number of sulfonamides is 1. The number of hydrogen-bond acceptors (Lipinski definition) is 3. The van der Waals surface area contributed by atoms with Crippen LogP contribution in [0.15, 0.2) is 71.6 Å². The molecule has 3 rings (SSSR count). The van der Waals surface area contributed by atoms with Crippen LogP contribution in [0.1, 0.15) is 21.5 Å². The van der Waals surface area contributed by atoms with Gasteiger partial charge in [0.05, 0.1) is 4.90 Å². The second-order valence-corrected chi connectivity index (χ2v) is 8.10. The topological polar surface area (TPSA) is 75.3 Å². The molecule has 3 aromatic carbocycles. The van der Waals surface area contributed by atoms with Crippen molar-refractivity contribution in [1.82, 2.24) is 0 Å². The summed E-state index contributed by atoms with van der Waals surface area (Å²) in [6, 6.07) is 17.1. The Labute approximate surface area is 163 Å². The van der Waals surface area contributed by atoms with Crippen molar-refractivity contribution in [2.24, 2.45) is 0 Å². The maximum atomic E-state index is 13.4. The van der Waals surface area contributed by atoms with Crippen molar-refractivity contribution in [3.63, 3.8) is 0 Å². The Morgan fingerprint density at radius 3 is 2.25 bits per heavy atom. The van der Waals surface area contributed by atoms with Gasteiger partial charge in [-0.1, -0.05) is 12.1 Å². The molecule has 0 saturated carbocycles. The van der Waals surface area contributed by atoms with E-state index < -0.39 is 15.8 Å². The monoisotopic (exact) mass is 398 g/mol. The molecule has 144 valence electrons. The van der Waals surface area contributed by atoms with Gasteiger partial charge in [0.2, 0.25) is 0 Å². The summed E-state index contributed by atoms with van der Waals surface area (Å²) in [5.41, 5.74) is 2.64. The maximum Gasteiger partial charge on any atom is 0.261 e. The van der Waals surface area contributed by atoms with Crippen molar-refractivity contribution >= 4 is 27.3 Å². The summed E-state index contributed by atoms with van der Waals surface area (Å²) in [4.78, 5) is 12.3. The standard InChI is InChI=1S/C21H19FN2O3S/c1-14-4-3-5-18(12-14)23-21(25)16-6-8-17(9-7-16)24-28(26,27)19-10-11-20(22)15(2)13-19/h3-13,24H,1-2H3,(H,23,25). The van der Waals surface area contributed by atoms with Gasteiger partial charge < -0.3 is 5.32 Å². The average molecular weight is 398 g/mol. The fraction of sp³-hybridized carbons (Fsp3) is 0.0952. The average Bonchev–Trinajstić information content (AvgIpc) is 2.64. The van der Waals surface area contributed by atoms with Crippen LogP contribution >= 0.6 is 0 Å². The lowest BCUT2D eigenvalue weighted by Gasteiger charge is -2.10. The predicted molar refractivity (Wildman–Crippen MR) is 108 cm³/mol. The molecule has 0 saturated heterocycles. The first-order chi connectivity index (χ1) is 13.2. The molecule has 0 fully saturated rings. The number of aryl methyl sites for hydroxylation is 2. The highest BCUT2D eigenvalue weighted by molar-refractivity contribution is 7.92. The summed E-state index contributed by atoms with van der Waals surface area (Å²) in [5.74, 6) is -0.767. The number of benzene rings is 3. The minimum absolute atomic E-state index is 0.0346. The van der Waals surface area contributed by atoms with E-state index in [1.54, 1.807) is 6.07 Å². The molecule has 28 heavy (non-hydrogen) atoms. The van der Waals surface area contributed by atoms with Gasteiger partial charge in [-0.3, -0.25) is 9.52 Å². The molecular formula is C21H19FN2O3S. The molecule has 5 nitrogen and oxygen atoms in total. The van der Waals surface area contributed by atoms with E-state index in [9.17, 15) is 17.6 Å². The molecule has 0 heterocycles. The largest absolute Gasteiger partial charge is 0.322 e. The summed E-state index contributed by atoms with van der Waals surface area (Å²) in [6.07, 6.45) is 0. The van der Waals surface area contributed by atoms with Crippen LogP contribution in [0.2, 0.25) is 0 Å². The van der Waals surface area contributed by atoms with Gasteiger partial charge in [-0.2, -0.15) is 0 Å². The molecule has 3 aromatic rings. The van der Waals surface area contributed by atoms with E-state index in [0.717, 1.165) is 11.6 Å². The lowest BCUT2D eigenvalue weighted by atomic mass is 10.2. The minimum atomic E-state index is -3.86. The number of carbonyl (C=O) groups excluding carboxylic acids is 1. The molecule has 0 aromatic heterocycles. The van der Waals surface area contributed by atoms with Gasteiger partial charge in [0.1, 0.15) is 5.82 Å². The highest BCUT2D eigenvalue weighted by Crippen LogP contribution is 2.19. The van der Waals surface area contributed by atoms with Crippen molar-refractivity contribution in [2.45, 2.75) is 18.7 Å².